The quantitative estimate of drug-likeness (QED) is 0.684. The predicted molar refractivity (Wildman–Crippen MR) is 81.1 cm³/mol. The number of benzene rings is 2. The summed E-state index contributed by atoms with van der Waals surface area (Å²) in [5.74, 6) is 0. The Kier molecular flexibility index (Phi) is 4.19. The summed E-state index contributed by atoms with van der Waals surface area (Å²) in [6.45, 7) is 4.20. The molecule has 0 saturated heterocycles. The molecule has 0 spiro atoms. The average molecular weight is 281 g/mol. The predicted octanol–water partition coefficient (Wildman–Crippen LogP) is 3.70. The van der Waals surface area contributed by atoms with Gasteiger partial charge in [0.25, 0.3) is 5.69 Å². The van der Waals surface area contributed by atoms with Crippen molar-refractivity contribution >= 4 is 11.4 Å². The number of nitrogens with one attached hydrogen (secondary N) is 1. The maximum Gasteiger partial charge on any atom is 0.292 e. The second-order valence-electron chi connectivity index (χ2n) is 4.88. The molecule has 0 atom stereocenters. The van der Waals surface area contributed by atoms with Crippen LogP contribution in [-0.2, 0) is 6.54 Å². The summed E-state index contributed by atoms with van der Waals surface area (Å²) in [6.07, 6.45) is 0. The van der Waals surface area contributed by atoms with E-state index in [1.54, 1.807) is 30.3 Å². The third-order valence-corrected chi connectivity index (χ3v) is 3.35. The topological polar surface area (TPSA) is 79.0 Å². The molecule has 0 saturated carbocycles. The first-order valence-corrected chi connectivity index (χ1v) is 6.50. The maximum absolute atomic E-state index is 11.1. The Bertz CT molecular complexity index is 733. The first kappa shape index (κ1) is 14.5. The van der Waals surface area contributed by atoms with Crippen LogP contribution in [0.3, 0.4) is 0 Å². The van der Waals surface area contributed by atoms with Crippen molar-refractivity contribution in [1.29, 1.82) is 5.26 Å². The average Bonchev–Trinajstić information content (AvgIpc) is 2.48. The molecule has 5 heteroatoms. The molecular formula is C16H15N3O2. The molecular weight excluding hydrogens is 266 g/mol. The molecule has 5 nitrogen and oxygen atoms in total. The molecule has 1 N–H and O–H groups in total. The van der Waals surface area contributed by atoms with Gasteiger partial charge in [0.05, 0.1) is 16.6 Å². The molecule has 0 bridgehead atoms. The van der Waals surface area contributed by atoms with Crippen LogP contribution in [0.2, 0.25) is 0 Å². The molecule has 0 fully saturated rings. The van der Waals surface area contributed by atoms with Crippen molar-refractivity contribution < 1.29 is 4.92 Å². The van der Waals surface area contributed by atoms with Crippen molar-refractivity contribution in [2.24, 2.45) is 0 Å². The van der Waals surface area contributed by atoms with Crippen molar-refractivity contribution in [1.82, 2.24) is 0 Å². The Hall–Kier alpha value is -2.87. The molecule has 2 rings (SSSR count). The Morgan fingerprint density at radius 3 is 2.62 bits per heavy atom. The fourth-order valence-corrected chi connectivity index (χ4v) is 2.04. The van der Waals surface area contributed by atoms with E-state index < -0.39 is 0 Å². The molecule has 0 aliphatic carbocycles. The van der Waals surface area contributed by atoms with Gasteiger partial charge in [-0.05, 0) is 48.7 Å². The number of nitro groups is 1. The van der Waals surface area contributed by atoms with E-state index in [4.69, 9.17) is 5.26 Å². The van der Waals surface area contributed by atoms with Crippen LogP contribution < -0.4 is 5.32 Å². The van der Waals surface area contributed by atoms with Crippen LogP contribution in [0.15, 0.2) is 36.4 Å². The van der Waals surface area contributed by atoms with E-state index in [9.17, 15) is 10.1 Å². The van der Waals surface area contributed by atoms with E-state index in [0.717, 1.165) is 16.7 Å². The zero-order chi connectivity index (χ0) is 15.4. The van der Waals surface area contributed by atoms with Crippen molar-refractivity contribution in [2.75, 3.05) is 5.32 Å². The molecule has 0 unspecified atom stereocenters. The van der Waals surface area contributed by atoms with E-state index in [-0.39, 0.29) is 10.6 Å². The summed E-state index contributed by atoms with van der Waals surface area (Å²) in [6, 6.07) is 12.6. The van der Waals surface area contributed by atoms with Crippen molar-refractivity contribution in [2.45, 2.75) is 20.4 Å². The third kappa shape index (κ3) is 3.37. The first-order valence-electron chi connectivity index (χ1n) is 6.50. The number of hydrogen-bond donors (Lipinski definition) is 1. The highest BCUT2D eigenvalue weighted by molar-refractivity contribution is 5.64. The highest BCUT2D eigenvalue weighted by atomic mass is 16.6. The van der Waals surface area contributed by atoms with Gasteiger partial charge in [-0.3, -0.25) is 10.1 Å². The number of nitrogens with zero attached hydrogens (tertiary/aromatic N) is 2. The molecule has 21 heavy (non-hydrogen) atoms. The van der Waals surface area contributed by atoms with Crippen LogP contribution in [0, 0.1) is 35.3 Å². The smallest absolute Gasteiger partial charge is 0.292 e. The number of rotatable bonds is 4. The van der Waals surface area contributed by atoms with Crippen molar-refractivity contribution in [3.05, 3.63) is 68.8 Å². The molecule has 0 aliphatic heterocycles. The Morgan fingerprint density at radius 1 is 1.24 bits per heavy atom. The Labute approximate surface area is 123 Å². The van der Waals surface area contributed by atoms with Crippen LogP contribution in [0.1, 0.15) is 22.3 Å². The SMILES string of the molecule is Cc1cc(NCc2cccc(C#N)c2)c([N+](=O)[O-])cc1C. The first-order chi connectivity index (χ1) is 10.0. The van der Waals surface area contributed by atoms with E-state index in [0.29, 0.717) is 17.8 Å². The normalized spacial score (nSPS) is 9.95. The van der Waals surface area contributed by atoms with Crippen LogP contribution >= 0.6 is 0 Å². The van der Waals surface area contributed by atoms with Crippen LogP contribution in [0.25, 0.3) is 0 Å². The maximum atomic E-state index is 11.1. The van der Waals surface area contributed by atoms with Gasteiger partial charge < -0.3 is 5.32 Å². The fraction of sp³-hybridized carbons (Fsp3) is 0.188. The number of aryl methyl sites for hydroxylation is 2. The van der Waals surface area contributed by atoms with Gasteiger partial charge in [0, 0.05) is 12.6 Å². The lowest BCUT2D eigenvalue weighted by molar-refractivity contribution is -0.384. The molecule has 0 amide bonds. The number of nitro benzene ring substituents is 1. The van der Waals surface area contributed by atoms with Gasteiger partial charge in [-0.1, -0.05) is 12.1 Å². The summed E-state index contributed by atoms with van der Waals surface area (Å²) >= 11 is 0. The van der Waals surface area contributed by atoms with E-state index >= 15 is 0 Å². The van der Waals surface area contributed by atoms with Crippen molar-refractivity contribution in [3.8, 4) is 6.07 Å². The highest BCUT2D eigenvalue weighted by Crippen LogP contribution is 2.28. The molecule has 0 heterocycles. The molecule has 106 valence electrons. The van der Waals surface area contributed by atoms with Gasteiger partial charge in [-0.2, -0.15) is 5.26 Å². The van der Waals surface area contributed by atoms with Crippen LogP contribution in [-0.4, -0.2) is 4.92 Å². The number of anilines is 1. The van der Waals surface area contributed by atoms with Gasteiger partial charge in [0.2, 0.25) is 0 Å². The summed E-state index contributed by atoms with van der Waals surface area (Å²) in [7, 11) is 0. The fourth-order valence-electron chi connectivity index (χ4n) is 2.04. The number of hydrogen-bond acceptors (Lipinski definition) is 4. The lowest BCUT2D eigenvalue weighted by Gasteiger charge is -2.10. The molecule has 0 aromatic heterocycles. The van der Waals surface area contributed by atoms with Gasteiger partial charge >= 0.3 is 0 Å². The molecule has 2 aromatic carbocycles. The Balaban J connectivity index is 2.25. The van der Waals surface area contributed by atoms with Crippen LogP contribution in [0.4, 0.5) is 11.4 Å². The summed E-state index contributed by atoms with van der Waals surface area (Å²) < 4.78 is 0. The minimum Gasteiger partial charge on any atom is -0.375 e. The Morgan fingerprint density at radius 2 is 1.95 bits per heavy atom. The van der Waals surface area contributed by atoms with Gasteiger partial charge in [0.15, 0.2) is 0 Å². The van der Waals surface area contributed by atoms with E-state index in [2.05, 4.69) is 11.4 Å². The minimum absolute atomic E-state index is 0.0644. The highest BCUT2D eigenvalue weighted by Gasteiger charge is 2.15. The van der Waals surface area contributed by atoms with E-state index in [1.807, 2.05) is 19.9 Å². The summed E-state index contributed by atoms with van der Waals surface area (Å²) in [5, 5.41) is 23.1. The van der Waals surface area contributed by atoms with Gasteiger partial charge in [0.1, 0.15) is 5.69 Å². The standard InChI is InChI=1S/C16H15N3O2/c1-11-6-15(16(19(20)21)7-12(11)2)18-10-14-5-3-4-13(8-14)9-17/h3-8,18H,10H2,1-2H3. The zero-order valence-electron chi connectivity index (χ0n) is 11.9. The molecule has 0 aliphatic rings. The van der Waals surface area contributed by atoms with Crippen molar-refractivity contribution in [3.63, 3.8) is 0 Å². The van der Waals surface area contributed by atoms with Gasteiger partial charge in [-0.15, -0.1) is 0 Å². The second-order valence-corrected chi connectivity index (χ2v) is 4.88. The molecule has 2 aromatic rings. The lowest BCUT2D eigenvalue weighted by atomic mass is 10.1. The monoisotopic (exact) mass is 281 g/mol. The number of nitriles is 1. The minimum atomic E-state index is -0.388. The molecule has 0 radical (unpaired) electrons. The van der Waals surface area contributed by atoms with E-state index in [1.165, 1.54) is 0 Å². The second kappa shape index (κ2) is 6.06. The summed E-state index contributed by atoms with van der Waals surface area (Å²) in [4.78, 5) is 10.7. The zero-order valence-corrected chi connectivity index (χ0v) is 11.9. The van der Waals surface area contributed by atoms with Gasteiger partial charge in [-0.25, -0.2) is 0 Å². The lowest BCUT2D eigenvalue weighted by Crippen LogP contribution is -2.04. The summed E-state index contributed by atoms with van der Waals surface area (Å²) in [5.41, 5.74) is 3.91. The largest absolute Gasteiger partial charge is 0.375 e. The third-order valence-electron chi connectivity index (χ3n) is 3.35. The van der Waals surface area contributed by atoms with Crippen LogP contribution in [0.5, 0.6) is 0 Å².